The van der Waals surface area contributed by atoms with Crippen molar-refractivity contribution in [3.8, 4) is 0 Å². The van der Waals surface area contributed by atoms with Crippen molar-refractivity contribution in [2.75, 3.05) is 11.1 Å². The van der Waals surface area contributed by atoms with E-state index in [1.54, 1.807) is 0 Å². The Morgan fingerprint density at radius 2 is 1.90 bits per heavy atom. The lowest BCUT2D eigenvalue weighted by Gasteiger charge is -2.09. The molecule has 2 aliphatic rings. The van der Waals surface area contributed by atoms with Gasteiger partial charge in [-0.1, -0.05) is 27.7 Å². The Morgan fingerprint density at radius 1 is 1.30 bits per heavy atom. The third kappa shape index (κ3) is 1.97. The number of nitrogens with two attached hydrogens (primary N) is 1. The fourth-order valence-electron chi connectivity index (χ4n) is 2.79. The van der Waals surface area contributed by atoms with E-state index in [1.807, 2.05) is 0 Å². The van der Waals surface area contributed by atoms with Gasteiger partial charge in [-0.05, 0) is 35.2 Å². The highest BCUT2D eigenvalue weighted by atomic mass is 32.1. The first-order valence-electron chi connectivity index (χ1n) is 7.07. The number of hydrogen-bond donors (Lipinski definition) is 3. The van der Waals surface area contributed by atoms with Gasteiger partial charge in [0.2, 0.25) is 0 Å². The third-order valence-corrected chi connectivity index (χ3v) is 5.95. The second-order valence-corrected chi connectivity index (χ2v) is 7.81. The number of anilines is 2. The Kier molecular flexibility index (Phi) is 2.80. The predicted molar refractivity (Wildman–Crippen MR) is 82.0 cm³/mol. The summed E-state index contributed by atoms with van der Waals surface area (Å²) in [6.07, 6.45) is 2.13. The van der Waals surface area contributed by atoms with Gasteiger partial charge in [-0.3, -0.25) is 4.79 Å². The monoisotopic (exact) mass is 294 g/mol. The lowest BCUT2D eigenvalue weighted by molar-refractivity contribution is 0.0953. The molecule has 0 bridgehead atoms. The molecule has 1 amide bonds. The number of nitrogens with one attached hydrogen (secondary N) is 2. The molecule has 6 heteroatoms. The predicted octanol–water partition coefficient (Wildman–Crippen LogP) is 2.46. The number of carbonyl (C=O) groups excluding carboxylic acids is 1. The van der Waals surface area contributed by atoms with Crippen LogP contribution in [-0.2, 0) is 0 Å². The number of rotatable bonds is 4. The molecule has 0 saturated heterocycles. The Labute approximate surface area is 123 Å². The molecule has 0 radical (unpaired) electrons. The summed E-state index contributed by atoms with van der Waals surface area (Å²) in [7, 11) is 0. The zero-order valence-electron chi connectivity index (χ0n) is 12.4. The molecule has 2 saturated carbocycles. The van der Waals surface area contributed by atoms with Crippen molar-refractivity contribution < 1.29 is 4.79 Å². The van der Waals surface area contributed by atoms with Crippen molar-refractivity contribution in [1.82, 2.24) is 9.69 Å². The Morgan fingerprint density at radius 3 is 2.40 bits per heavy atom. The molecule has 0 unspecified atom stereocenters. The van der Waals surface area contributed by atoms with Crippen molar-refractivity contribution in [2.45, 2.75) is 52.6 Å². The maximum absolute atomic E-state index is 12.3. The second-order valence-electron chi connectivity index (χ2n) is 7.04. The van der Waals surface area contributed by atoms with Crippen molar-refractivity contribution >= 4 is 28.3 Å². The number of aromatic nitrogens is 1. The molecule has 2 fully saturated rings. The van der Waals surface area contributed by atoms with Crippen LogP contribution in [0.15, 0.2) is 0 Å². The average Bonchev–Trinajstić information content (AvgIpc) is 3.15. The van der Waals surface area contributed by atoms with E-state index < -0.39 is 0 Å². The second kappa shape index (κ2) is 4.10. The Balaban J connectivity index is 1.79. The minimum atomic E-state index is -0.0995. The van der Waals surface area contributed by atoms with Crippen LogP contribution in [-0.4, -0.2) is 22.4 Å². The van der Waals surface area contributed by atoms with Crippen LogP contribution in [0.3, 0.4) is 0 Å². The van der Waals surface area contributed by atoms with Crippen molar-refractivity contribution in [3.05, 3.63) is 5.56 Å². The quantitative estimate of drug-likeness (QED) is 0.797. The van der Waals surface area contributed by atoms with Gasteiger partial charge in [0.05, 0.1) is 0 Å². The van der Waals surface area contributed by atoms with E-state index in [4.69, 9.17) is 5.73 Å². The molecule has 110 valence electrons. The van der Waals surface area contributed by atoms with Gasteiger partial charge < -0.3 is 16.4 Å². The highest BCUT2D eigenvalue weighted by Gasteiger charge is 2.65. The van der Waals surface area contributed by atoms with Crippen molar-refractivity contribution in [3.63, 3.8) is 0 Å². The SMILES string of the molecule is CC1(C)C(Nc2snc(N)c2C(=O)NC2CC2)C1(C)C. The van der Waals surface area contributed by atoms with E-state index in [9.17, 15) is 4.79 Å². The molecule has 0 aliphatic heterocycles. The topological polar surface area (TPSA) is 80.0 Å². The van der Waals surface area contributed by atoms with Gasteiger partial charge in [-0.2, -0.15) is 4.37 Å². The van der Waals surface area contributed by atoms with E-state index in [-0.39, 0.29) is 16.7 Å². The first-order chi connectivity index (χ1) is 9.25. The summed E-state index contributed by atoms with van der Waals surface area (Å²) in [6, 6.07) is 0.658. The van der Waals surface area contributed by atoms with Gasteiger partial charge in [0, 0.05) is 12.1 Å². The molecule has 1 aromatic heterocycles. The van der Waals surface area contributed by atoms with Crippen LogP contribution < -0.4 is 16.4 Å². The molecule has 5 nitrogen and oxygen atoms in total. The summed E-state index contributed by atoms with van der Waals surface area (Å²) in [5, 5.41) is 7.25. The average molecular weight is 294 g/mol. The van der Waals surface area contributed by atoms with Crippen LogP contribution >= 0.6 is 11.5 Å². The van der Waals surface area contributed by atoms with Crippen LogP contribution in [0.2, 0.25) is 0 Å². The van der Waals surface area contributed by atoms with Crippen LogP contribution in [0.1, 0.15) is 50.9 Å². The van der Waals surface area contributed by atoms with Gasteiger partial charge in [0.15, 0.2) is 5.82 Å². The van der Waals surface area contributed by atoms with Crippen molar-refractivity contribution in [1.29, 1.82) is 0 Å². The van der Waals surface area contributed by atoms with Gasteiger partial charge in [-0.25, -0.2) is 0 Å². The molecular weight excluding hydrogens is 272 g/mol. The highest BCUT2D eigenvalue weighted by Crippen LogP contribution is 2.64. The normalized spacial score (nSPS) is 23.4. The van der Waals surface area contributed by atoms with Crippen molar-refractivity contribution in [2.24, 2.45) is 10.8 Å². The van der Waals surface area contributed by atoms with Gasteiger partial charge in [0.25, 0.3) is 5.91 Å². The van der Waals surface area contributed by atoms with Gasteiger partial charge in [0.1, 0.15) is 10.6 Å². The number of amides is 1. The fourth-order valence-corrected chi connectivity index (χ4v) is 3.53. The molecule has 3 rings (SSSR count). The number of hydrogen-bond acceptors (Lipinski definition) is 5. The molecule has 1 heterocycles. The molecule has 0 aromatic carbocycles. The Bertz CT molecular complexity index is 546. The van der Waals surface area contributed by atoms with Crippen LogP contribution in [0, 0.1) is 10.8 Å². The Hall–Kier alpha value is -1.30. The van der Waals surface area contributed by atoms with E-state index in [0.717, 1.165) is 17.8 Å². The summed E-state index contributed by atoms with van der Waals surface area (Å²) in [6.45, 7) is 8.94. The van der Waals surface area contributed by atoms with Gasteiger partial charge >= 0.3 is 0 Å². The molecule has 0 atom stereocenters. The van der Waals surface area contributed by atoms with E-state index in [1.165, 1.54) is 11.5 Å². The molecule has 20 heavy (non-hydrogen) atoms. The molecule has 4 N–H and O–H groups in total. The van der Waals surface area contributed by atoms with E-state index in [2.05, 4.69) is 42.7 Å². The molecule has 1 aromatic rings. The zero-order chi connectivity index (χ0) is 14.7. The summed E-state index contributed by atoms with van der Waals surface area (Å²) in [5.41, 5.74) is 6.79. The summed E-state index contributed by atoms with van der Waals surface area (Å²) < 4.78 is 4.14. The van der Waals surface area contributed by atoms with E-state index >= 15 is 0 Å². The first kappa shape index (κ1) is 13.7. The lowest BCUT2D eigenvalue weighted by atomic mass is 10.0. The number of nitrogen functional groups attached to an aromatic ring is 1. The molecular formula is C14H22N4OS. The summed E-state index contributed by atoms with van der Waals surface area (Å²) >= 11 is 1.27. The van der Waals surface area contributed by atoms with Gasteiger partial charge in [-0.15, -0.1) is 0 Å². The first-order valence-corrected chi connectivity index (χ1v) is 7.85. The third-order valence-electron chi connectivity index (χ3n) is 5.15. The maximum Gasteiger partial charge on any atom is 0.258 e. The summed E-state index contributed by atoms with van der Waals surface area (Å²) in [5.74, 6) is 0.226. The molecule has 0 spiro atoms. The minimum absolute atomic E-state index is 0.0995. The number of carbonyl (C=O) groups is 1. The minimum Gasteiger partial charge on any atom is -0.382 e. The lowest BCUT2D eigenvalue weighted by Crippen LogP contribution is -2.27. The smallest absolute Gasteiger partial charge is 0.258 e. The number of nitrogens with zero attached hydrogens (tertiary/aromatic N) is 1. The standard InChI is InChI=1S/C14H22N4OS/c1-13(2)12(14(13,3)4)17-11-8(9(15)18-20-11)10(19)16-7-5-6-7/h7,12,17H,5-6H2,1-4H3,(H2,15,18)(H,16,19). The van der Waals surface area contributed by atoms with E-state index in [0.29, 0.717) is 23.5 Å². The maximum atomic E-state index is 12.3. The zero-order valence-corrected chi connectivity index (χ0v) is 13.2. The van der Waals surface area contributed by atoms with Crippen LogP contribution in [0.4, 0.5) is 10.8 Å². The molecule has 2 aliphatic carbocycles. The fraction of sp³-hybridized carbons (Fsp3) is 0.714. The largest absolute Gasteiger partial charge is 0.382 e. The summed E-state index contributed by atoms with van der Waals surface area (Å²) in [4.78, 5) is 12.3. The highest BCUT2D eigenvalue weighted by molar-refractivity contribution is 7.11. The van der Waals surface area contributed by atoms with Crippen LogP contribution in [0.25, 0.3) is 0 Å². The van der Waals surface area contributed by atoms with Crippen LogP contribution in [0.5, 0.6) is 0 Å².